The van der Waals surface area contributed by atoms with Gasteiger partial charge >= 0.3 is 0 Å². The number of nitrogens with zero attached hydrogens (tertiary/aromatic N) is 1. The van der Waals surface area contributed by atoms with E-state index in [1.165, 1.54) is 0 Å². The van der Waals surface area contributed by atoms with Crippen LogP contribution in [0.4, 0.5) is 0 Å². The van der Waals surface area contributed by atoms with Gasteiger partial charge in [-0.25, -0.2) is 4.98 Å². The summed E-state index contributed by atoms with van der Waals surface area (Å²) in [6, 6.07) is 5.37. The maximum absolute atomic E-state index is 12.0. The van der Waals surface area contributed by atoms with Crippen LogP contribution in [0.3, 0.4) is 0 Å². The third kappa shape index (κ3) is 3.45. The molecule has 1 heterocycles. The van der Waals surface area contributed by atoms with Gasteiger partial charge in [-0.1, -0.05) is 31.5 Å². The minimum atomic E-state index is -0.123. The molecule has 2 rings (SSSR count). The molecule has 0 radical (unpaired) electrons. The number of aromatic nitrogens is 1. The first-order chi connectivity index (χ1) is 8.46. The number of carbonyl (C=O) groups excluding carboxylic acids is 1. The molecule has 1 amide bonds. The third-order valence-electron chi connectivity index (χ3n) is 3.62. The Labute approximate surface area is 113 Å². The Morgan fingerprint density at radius 2 is 2.06 bits per heavy atom. The van der Waals surface area contributed by atoms with Crippen molar-refractivity contribution in [2.24, 2.45) is 5.41 Å². The fourth-order valence-corrected chi connectivity index (χ4v) is 2.50. The molecule has 0 spiro atoms. The van der Waals surface area contributed by atoms with Crippen molar-refractivity contribution < 1.29 is 4.79 Å². The van der Waals surface area contributed by atoms with Crippen molar-refractivity contribution in [2.45, 2.75) is 45.6 Å². The van der Waals surface area contributed by atoms with E-state index in [9.17, 15) is 4.79 Å². The number of pyridine rings is 1. The van der Waals surface area contributed by atoms with Crippen LogP contribution in [0.15, 0.2) is 18.2 Å². The van der Waals surface area contributed by atoms with Gasteiger partial charge in [0.25, 0.3) is 5.91 Å². The number of hydrogen-bond acceptors (Lipinski definition) is 2. The number of hydrogen-bond donors (Lipinski definition) is 1. The molecule has 98 valence electrons. The van der Waals surface area contributed by atoms with Crippen molar-refractivity contribution >= 4 is 17.5 Å². The van der Waals surface area contributed by atoms with E-state index in [0.29, 0.717) is 16.3 Å². The van der Waals surface area contributed by atoms with Crippen LogP contribution in [0.25, 0.3) is 0 Å². The second-order valence-corrected chi connectivity index (χ2v) is 6.14. The molecule has 1 aromatic rings. The van der Waals surface area contributed by atoms with Crippen LogP contribution in [0, 0.1) is 5.41 Å². The Bertz CT molecular complexity index is 435. The lowest BCUT2D eigenvalue weighted by Gasteiger charge is -2.34. The van der Waals surface area contributed by atoms with E-state index in [1.807, 2.05) is 0 Å². The number of carbonyl (C=O) groups is 1. The Kier molecular flexibility index (Phi) is 3.91. The van der Waals surface area contributed by atoms with Crippen LogP contribution in [0.2, 0.25) is 5.15 Å². The molecule has 1 saturated carbocycles. The fraction of sp³-hybridized carbons (Fsp3) is 0.571. The summed E-state index contributed by atoms with van der Waals surface area (Å²) >= 11 is 5.78. The van der Waals surface area contributed by atoms with Gasteiger partial charge in [-0.05, 0) is 43.2 Å². The predicted molar refractivity (Wildman–Crippen MR) is 72.8 cm³/mol. The van der Waals surface area contributed by atoms with Crippen LogP contribution in [0.5, 0.6) is 0 Å². The van der Waals surface area contributed by atoms with Crippen LogP contribution in [0.1, 0.15) is 50.0 Å². The molecule has 1 fully saturated rings. The monoisotopic (exact) mass is 266 g/mol. The molecule has 4 heteroatoms. The van der Waals surface area contributed by atoms with Crippen molar-refractivity contribution in [2.75, 3.05) is 0 Å². The van der Waals surface area contributed by atoms with Gasteiger partial charge in [-0.2, -0.15) is 0 Å². The molecule has 1 aromatic heterocycles. The zero-order valence-corrected chi connectivity index (χ0v) is 11.6. The summed E-state index contributed by atoms with van der Waals surface area (Å²) in [4.78, 5) is 16.0. The average Bonchev–Trinajstić information content (AvgIpc) is 2.32. The summed E-state index contributed by atoms with van der Waals surface area (Å²) in [5.41, 5.74) is 0.808. The molecule has 3 nitrogen and oxygen atoms in total. The molecule has 0 atom stereocenters. The molecule has 0 aliphatic heterocycles. The summed E-state index contributed by atoms with van der Waals surface area (Å²) in [5.74, 6) is -0.123. The highest BCUT2D eigenvalue weighted by Gasteiger charge is 2.27. The number of amides is 1. The minimum absolute atomic E-state index is 0.123. The van der Waals surface area contributed by atoms with Crippen molar-refractivity contribution in [1.82, 2.24) is 10.3 Å². The zero-order chi connectivity index (χ0) is 13.2. The maximum atomic E-state index is 12.0. The van der Waals surface area contributed by atoms with Gasteiger partial charge in [0.2, 0.25) is 0 Å². The maximum Gasteiger partial charge on any atom is 0.270 e. The standard InChI is InChI=1S/C14H19ClN2O/c1-14(2)8-6-10(7-9-14)16-13(18)11-4-3-5-12(15)17-11/h3-5,10H,6-9H2,1-2H3,(H,16,18). The highest BCUT2D eigenvalue weighted by Crippen LogP contribution is 2.35. The van der Waals surface area contributed by atoms with Gasteiger partial charge in [0.05, 0.1) is 0 Å². The predicted octanol–water partition coefficient (Wildman–Crippen LogP) is 3.43. The van der Waals surface area contributed by atoms with Crippen molar-refractivity contribution in [3.8, 4) is 0 Å². The number of nitrogens with one attached hydrogen (secondary N) is 1. The minimum Gasteiger partial charge on any atom is -0.348 e. The fourth-order valence-electron chi connectivity index (χ4n) is 2.34. The van der Waals surface area contributed by atoms with Gasteiger partial charge in [0.1, 0.15) is 10.8 Å². The third-order valence-corrected chi connectivity index (χ3v) is 3.83. The second kappa shape index (κ2) is 5.27. The lowest BCUT2D eigenvalue weighted by Crippen LogP contribution is -2.39. The van der Waals surface area contributed by atoms with Gasteiger partial charge < -0.3 is 5.32 Å². The Morgan fingerprint density at radius 1 is 1.39 bits per heavy atom. The van der Waals surface area contributed by atoms with Crippen molar-refractivity contribution in [3.05, 3.63) is 29.0 Å². The normalized spacial score (nSPS) is 19.5. The van der Waals surface area contributed by atoms with E-state index in [2.05, 4.69) is 24.1 Å². The lowest BCUT2D eigenvalue weighted by molar-refractivity contribution is 0.0904. The van der Waals surface area contributed by atoms with Crippen LogP contribution < -0.4 is 5.32 Å². The van der Waals surface area contributed by atoms with Crippen LogP contribution in [-0.4, -0.2) is 16.9 Å². The van der Waals surface area contributed by atoms with E-state index in [4.69, 9.17) is 11.6 Å². The molecule has 0 unspecified atom stereocenters. The van der Waals surface area contributed by atoms with E-state index < -0.39 is 0 Å². The highest BCUT2D eigenvalue weighted by atomic mass is 35.5. The SMILES string of the molecule is CC1(C)CCC(NC(=O)c2cccc(Cl)n2)CC1. The lowest BCUT2D eigenvalue weighted by atomic mass is 9.75. The Balaban J connectivity index is 1.93. The van der Waals surface area contributed by atoms with Crippen molar-refractivity contribution in [3.63, 3.8) is 0 Å². The van der Waals surface area contributed by atoms with E-state index >= 15 is 0 Å². The highest BCUT2D eigenvalue weighted by molar-refractivity contribution is 6.29. The second-order valence-electron chi connectivity index (χ2n) is 5.76. The largest absolute Gasteiger partial charge is 0.348 e. The van der Waals surface area contributed by atoms with Gasteiger partial charge in [-0.15, -0.1) is 0 Å². The van der Waals surface area contributed by atoms with E-state index in [-0.39, 0.29) is 11.9 Å². The summed E-state index contributed by atoms with van der Waals surface area (Å²) < 4.78 is 0. The van der Waals surface area contributed by atoms with E-state index in [0.717, 1.165) is 25.7 Å². The molecule has 0 aromatic carbocycles. The smallest absolute Gasteiger partial charge is 0.270 e. The molecule has 1 aliphatic rings. The zero-order valence-electron chi connectivity index (χ0n) is 10.9. The topological polar surface area (TPSA) is 42.0 Å². The van der Waals surface area contributed by atoms with E-state index in [1.54, 1.807) is 18.2 Å². The Morgan fingerprint density at radius 3 is 2.67 bits per heavy atom. The van der Waals surface area contributed by atoms with Crippen LogP contribution >= 0.6 is 11.6 Å². The van der Waals surface area contributed by atoms with Crippen molar-refractivity contribution in [1.29, 1.82) is 0 Å². The van der Waals surface area contributed by atoms with Crippen LogP contribution in [-0.2, 0) is 0 Å². The first-order valence-electron chi connectivity index (χ1n) is 6.40. The quantitative estimate of drug-likeness (QED) is 0.834. The van der Waals surface area contributed by atoms with Gasteiger partial charge in [0.15, 0.2) is 0 Å². The molecule has 1 aliphatic carbocycles. The molecule has 0 bridgehead atoms. The molecular formula is C14H19ClN2O. The summed E-state index contributed by atoms with van der Waals surface area (Å²) in [7, 11) is 0. The Hall–Kier alpha value is -1.09. The summed E-state index contributed by atoms with van der Waals surface area (Å²) in [6.07, 6.45) is 4.39. The van der Waals surface area contributed by atoms with Gasteiger partial charge in [0, 0.05) is 6.04 Å². The number of halogens is 1. The molecule has 18 heavy (non-hydrogen) atoms. The summed E-state index contributed by atoms with van der Waals surface area (Å²) in [5, 5.41) is 3.39. The first kappa shape index (κ1) is 13.3. The van der Waals surface area contributed by atoms with Gasteiger partial charge in [-0.3, -0.25) is 4.79 Å². The number of rotatable bonds is 2. The molecular weight excluding hydrogens is 248 g/mol. The summed E-state index contributed by atoms with van der Waals surface area (Å²) in [6.45, 7) is 4.56. The average molecular weight is 267 g/mol. The molecule has 0 saturated heterocycles. The first-order valence-corrected chi connectivity index (χ1v) is 6.77. The molecule has 1 N–H and O–H groups in total.